The third kappa shape index (κ3) is 2.67. The van der Waals surface area contributed by atoms with Gasteiger partial charge in [-0.3, -0.25) is 14.7 Å². The molecule has 108 valence electrons. The van der Waals surface area contributed by atoms with E-state index in [1.165, 1.54) is 0 Å². The van der Waals surface area contributed by atoms with Crippen LogP contribution in [0.3, 0.4) is 0 Å². The van der Waals surface area contributed by atoms with Crippen LogP contribution in [0.2, 0.25) is 0 Å². The summed E-state index contributed by atoms with van der Waals surface area (Å²) >= 11 is 0. The van der Waals surface area contributed by atoms with Gasteiger partial charge in [0.1, 0.15) is 0 Å². The van der Waals surface area contributed by atoms with Crippen LogP contribution in [0.5, 0.6) is 0 Å². The molecule has 0 aromatic carbocycles. The summed E-state index contributed by atoms with van der Waals surface area (Å²) in [4.78, 5) is 25.6. The van der Waals surface area contributed by atoms with Crippen LogP contribution in [0.15, 0.2) is 12.4 Å². The first-order chi connectivity index (χ1) is 9.65. The van der Waals surface area contributed by atoms with Gasteiger partial charge in [0, 0.05) is 31.7 Å². The van der Waals surface area contributed by atoms with E-state index in [9.17, 15) is 9.59 Å². The number of rotatable bonds is 5. The van der Waals surface area contributed by atoms with E-state index in [0.29, 0.717) is 24.7 Å². The van der Waals surface area contributed by atoms with Gasteiger partial charge in [0.15, 0.2) is 0 Å². The molecule has 1 aromatic rings. The second-order valence-electron chi connectivity index (χ2n) is 5.61. The molecule has 3 rings (SSSR count). The molecule has 1 aliphatic heterocycles. The lowest BCUT2D eigenvalue weighted by atomic mass is 10.1. The molecule has 2 fully saturated rings. The van der Waals surface area contributed by atoms with Gasteiger partial charge in [-0.2, -0.15) is 5.10 Å². The molecule has 0 bridgehead atoms. The van der Waals surface area contributed by atoms with E-state index in [2.05, 4.69) is 15.5 Å². The van der Waals surface area contributed by atoms with Crippen molar-refractivity contribution in [3.63, 3.8) is 0 Å². The first kappa shape index (κ1) is 13.1. The first-order valence-electron chi connectivity index (χ1n) is 6.97. The predicted octanol–water partition coefficient (Wildman–Crippen LogP) is -0.384. The standard InChI is InChI=1S/C13H19N5O2/c14-11(8-1-2-8)6-15-13(20)9-3-12(19)18(7-9)10-4-16-17-5-10/h4-5,8-9,11H,1-3,6-7,14H2,(H,15,20)(H,16,17). The zero-order valence-electron chi connectivity index (χ0n) is 11.2. The van der Waals surface area contributed by atoms with Gasteiger partial charge in [0.2, 0.25) is 11.8 Å². The van der Waals surface area contributed by atoms with Crippen LogP contribution >= 0.6 is 0 Å². The maximum Gasteiger partial charge on any atom is 0.227 e. The van der Waals surface area contributed by atoms with Crippen molar-refractivity contribution in [2.45, 2.75) is 25.3 Å². The Kier molecular flexibility index (Phi) is 3.43. The van der Waals surface area contributed by atoms with E-state index in [-0.39, 0.29) is 30.2 Å². The topological polar surface area (TPSA) is 104 Å². The van der Waals surface area contributed by atoms with Crippen molar-refractivity contribution in [3.8, 4) is 0 Å². The second-order valence-corrected chi connectivity index (χ2v) is 5.61. The Labute approximate surface area is 116 Å². The summed E-state index contributed by atoms with van der Waals surface area (Å²) in [5.74, 6) is 0.130. The number of hydrogen-bond acceptors (Lipinski definition) is 4. The molecule has 1 saturated heterocycles. The fourth-order valence-corrected chi connectivity index (χ4v) is 2.58. The van der Waals surface area contributed by atoms with Crippen LogP contribution in [0.25, 0.3) is 0 Å². The molecule has 0 radical (unpaired) electrons. The van der Waals surface area contributed by atoms with Gasteiger partial charge < -0.3 is 16.0 Å². The van der Waals surface area contributed by atoms with Crippen LogP contribution in [0.4, 0.5) is 5.69 Å². The molecule has 7 nitrogen and oxygen atoms in total. The van der Waals surface area contributed by atoms with Crippen molar-refractivity contribution in [1.29, 1.82) is 0 Å². The van der Waals surface area contributed by atoms with Crippen molar-refractivity contribution in [2.24, 2.45) is 17.6 Å². The summed E-state index contributed by atoms with van der Waals surface area (Å²) in [5.41, 5.74) is 6.66. The Morgan fingerprint density at radius 1 is 1.60 bits per heavy atom. The second kappa shape index (κ2) is 5.24. The minimum Gasteiger partial charge on any atom is -0.354 e. The van der Waals surface area contributed by atoms with E-state index in [0.717, 1.165) is 12.8 Å². The summed E-state index contributed by atoms with van der Waals surface area (Å²) in [5, 5.41) is 9.36. The highest BCUT2D eigenvalue weighted by molar-refractivity contribution is 6.00. The molecule has 2 amide bonds. The van der Waals surface area contributed by atoms with E-state index < -0.39 is 0 Å². The first-order valence-corrected chi connectivity index (χ1v) is 6.97. The molecular weight excluding hydrogens is 258 g/mol. The summed E-state index contributed by atoms with van der Waals surface area (Å²) in [6.07, 6.45) is 5.80. The number of aromatic amines is 1. The number of nitrogens with two attached hydrogens (primary N) is 1. The average Bonchev–Trinajstić information content (AvgIpc) is 3.01. The number of H-pyrrole nitrogens is 1. The monoisotopic (exact) mass is 277 g/mol. The summed E-state index contributed by atoms with van der Waals surface area (Å²) in [6.45, 7) is 0.906. The minimum atomic E-state index is -0.302. The van der Waals surface area contributed by atoms with Gasteiger partial charge in [-0.05, 0) is 18.8 Å². The van der Waals surface area contributed by atoms with Crippen LogP contribution in [0, 0.1) is 11.8 Å². The van der Waals surface area contributed by atoms with Crippen molar-refractivity contribution < 1.29 is 9.59 Å². The van der Waals surface area contributed by atoms with Crippen LogP contribution in [-0.2, 0) is 9.59 Å². The molecule has 1 aromatic heterocycles. The Bertz CT molecular complexity index is 497. The average molecular weight is 277 g/mol. The van der Waals surface area contributed by atoms with Crippen molar-refractivity contribution >= 4 is 17.5 Å². The molecule has 2 aliphatic rings. The number of carbonyl (C=O) groups excluding carboxylic acids is 2. The Morgan fingerprint density at radius 2 is 2.40 bits per heavy atom. The van der Waals surface area contributed by atoms with Gasteiger partial charge in [0.25, 0.3) is 0 Å². The number of nitrogens with zero attached hydrogens (tertiary/aromatic N) is 2. The highest BCUT2D eigenvalue weighted by atomic mass is 16.2. The molecule has 2 heterocycles. The number of anilines is 1. The van der Waals surface area contributed by atoms with Crippen molar-refractivity contribution in [1.82, 2.24) is 15.5 Å². The molecule has 20 heavy (non-hydrogen) atoms. The Morgan fingerprint density at radius 3 is 3.05 bits per heavy atom. The Balaban J connectivity index is 1.53. The third-order valence-electron chi connectivity index (χ3n) is 4.03. The van der Waals surface area contributed by atoms with Gasteiger partial charge in [-0.15, -0.1) is 0 Å². The molecule has 2 atom stereocenters. The number of carbonyl (C=O) groups is 2. The molecule has 7 heteroatoms. The molecular formula is C13H19N5O2. The highest BCUT2D eigenvalue weighted by Gasteiger charge is 2.36. The van der Waals surface area contributed by atoms with Gasteiger partial charge >= 0.3 is 0 Å². The Hall–Kier alpha value is -1.89. The van der Waals surface area contributed by atoms with Gasteiger partial charge in [-0.25, -0.2) is 0 Å². The van der Waals surface area contributed by atoms with Crippen LogP contribution in [0.1, 0.15) is 19.3 Å². The van der Waals surface area contributed by atoms with Crippen LogP contribution in [-0.4, -0.2) is 41.1 Å². The molecule has 1 aliphatic carbocycles. The lowest BCUT2D eigenvalue weighted by molar-refractivity contribution is -0.126. The zero-order chi connectivity index (χ0) is 14.1. The molecule has 0 spiro atoms. The van der Waals surface area contributed by atoms with E-state index in [1.807, 2.05) is 0 Å². The number of aromatic nitrogens is 2. The SMILES string of the molecule is NC(CNC(=O)C1CC(=O)N(c2cn[nH]c2)C1)C1CC1. The fraction of sp³-hybridized carbons (Fsp3) is 0.615. The smallest absolute Gasteiger partial charge is 0.227 e. The van der Waals surface area contributed by atoms with Crippen LogP contribution < -0.4 is 16.0 Å². The highest BCUT2D eigenvalue weighted by Crippen LogP contribution is 2.31. The quantitative estimate of drug-likeness (QED) is 0.682. The summed E-state index contributed by atoms with van der Waals surface area (Å²) in [7, 11) is 0. The lowest BCUT2D eigenvalue weighted by Crippen LogP contribution is -2.41. The third-order valence-corrected chi connectivity index (χ3v) is 4.03. The number of hydrogen-bond donors (Lipinski definition) is 3. The molecule has 2 unspecified atom stereocenters. The van der Waals surface area contributed by atoms with Gasteiger partial charge in [-0.1, -0.05) is 0 Å². The normalized spacial score (nSPS) is 23.9. The van der Waals surface area contributed by atoms with Crippen molar-refractivity contribution in [2.75, 3.05) is 18.0 Å². The lowest BCUT2D eigenvalue weighted by Gasteiger charge is -2.15. The maximum absolute atomic E-state index is 12.1. The van der Waals surface area contributed by atoms with E-state index in [1.54, 1.807) is 17.3 Å². The number of amides is 2. The summed E-state index contributed by atoms with van der Waals surface area (Å²) in [6, 6.07) is 0.0426. The largest absolute Gasteiger partial charge is 0.354 e. The minimum absolute atomic E-state index is 0.0426. The molecule has 1 saturated carbocycles. The number of nitrogens with one attached hydrogen (secondary N) is 2. The molecule has 4 N–H and O–H groups in total. The predicted molar refractivity (Wildman–Crippen MR) is 72.8 cm³/mol. The summed E-state index contributed by atoms with van der Waals surface area (Å²) < 4.78 is 0. The van der Waals surface area contributed by atoms with E-state index in [4.69, 9.17) is 5.73 Å². The van der Waals surface area contributed by atoms with E-state index >= 15 is 0 Å². The van der Waals surface area contributed by atoms with Crippen molar-refractivity contribution in [3.05, 3.63) is 12.4 Å². The maximum atomic E-state index is 12.1. The van der Waals surface area contributed by atoms with Gasteiger partial charge in [0.05, 0.1) is 17.8 Å². The zero-order valence-corrected chi connectivity index (χ0v) is 11.2. The fourth-order valence-electron chi connectivity index (χ4n) is 2.58.